The molecule has 0 aliphatic heterocycles. The molecule has 0 spiro atoms. The fourth-order valence-electron chi connectivity index (χ4n) is 3.05. The Hall–Kier alpha value is -1.55. The van der Waals surface area contributed by atoms with Gasteiger partial charge in [0, 0.05) is 24.3 Å². The molecular formula is C16H23N3O. The number of rotatable bonds is 4. The van der Waals surface area contributed by atoms with Crippen LogP contribution < -0.4 is 5.73 Å². The summed E-state index contributed by atoms with van der Waals surface area (Å²) in [5.74, 6) is 1.57. The first-order valence-corrected chi connectivity index (χ1v) is 7.49. The quantitative estimate of drug-likeness (QED) is 0.868. The SMILES string of the molecule is CCOC1CC(n2c(C(C)C)nc3cc(N)ccc32)C1. The second-order valence-electron chi connectivity index (χ2n) is 5.95. The van der Waals surface area contributed by atoms with Crippen LogP contribution in [0.4, 0.5) is 5.69 Å². The number of fused-ring (bicyclic) bond motifs is 1. The van der Waals surface area contributed by atoms with Gasteiger partial charge in [0.15, 0.2) is 0 Å². The molecular weight excluding hydrogens is 250 g/mol. The Bertz CT molecular complexity index is 611. The van der Waals surface area contributed by atoms with Gasteiger partial charge in [-0.15, -0.1) is 0 Å². The number of aromatic nitrogens is 2. The number of hydrogen-bond donors (Lipinski definition) is 1. The summed E-state index contributed by atoms with van der Waals surface area (Å²) in [6, 6.07) is 6.54. The number of anilines is 1. The van der Waals surface area contributed by atoms with Crippen LogP contribution >= 0.6 is 0 Å². The third-order valence-electron chi connectivity index (χ3n) is 4.09. The van der Waals surface area contributed by atoms with Crippen molar-refractivity contribution in [1.82, 2.24) is 9.55 Å². The summed E-state index contributed by atoms with van der Waals surface area (Å²) in [5.41, 5.74) is 8.86. The van der Waals surface area contributed by atoms with E-state index in [0.29, 0.717) is 18.1 Å². The highest BCUT2D eigenvalue weighted by molar-refractivity contribution is 5.80. The third-order valence-corrected chi connectivity index (χ3v) is 4.09. The maximum absolute atomic E-state index is 5.87. The predicted molar refractivity (Wildman–Crippen MR) is 81.9 cm³/mol. The maximum Gasteiger partial charge on any atom is 0.112 e. The lowest BCUT2D eigenvalue weighted by Gasteiger charge is -2.37. The highest BCUT2D eigenvalue weighted by Crippen LogP contribution is 2.39. The zero-order chi connectivity index (χ0) is 14.3. The Morgan fingerprint density at radius 1 is 1.40 bits per heavy atom. The molecule has 1 aromatic carbocycles. The van der Waals surface area contributed by atoms with Crippen LogP contribution in [0.3, 0.4) is 0 Å². The highest BCUT2D eigenvalue weighted by atomic mass is 16.5. The molecule has 1 aromatic heterocycles. The summed E-state index contributed by atoms with van der Waals surface area (Å²) in [6.45, 7) is 7.25. The summed E-state index contributed by atoms with van der Waals surface area (Å²) < 4.78 is 8.08. The second kappa shape index (κ2) is 5.09. The van der Waals surface area contributed by atoms with E-state index >= 15 is 0 Å². The Morgan fingerprint density at radius 2 is 2.15 bits per heavy atom. The van der Waals surface area contributed by atoms with Gasteiger partial charge in [0.05, 0.1) is 17.1 Å². The topological polar surface area (TPSA) is 53.1 Å². The van der Waals surface area contributed by atoms with E-state index in [1.54, 1.807) is 0 Å². The second-order valence-corrected chi connectivity index (χ2v) is 5.95. The van der Waals surface area contributed by atoms with E-state index in [1.807, 2.05) is 12.1 Å². The van der Waals surface area contributed by atoms with Crippen molar-refractivity contribution in [2.45, 2.75) is 51.7 Å². The van der Waals surface area contributed by atoms with Gasteiger partial charge in [-0.2, -0.15) is 0 Å². The zero-order valence-electron chi connectivity index (χ0n) is 12.5. The highest BCUT2D eigenvalue weighted by Gasteiger charge is 2.33. The summed E-state index contributed by atoms with van der Waals surface area (Å²) in [7, 11) is 0. The van der Waals surface area contributed by atoms with Crippen molar-refractivity contribution in [2.24, 2.45) is 0 Å². The molecule has 3 rings (SSSR count). The largest absolute Gasteiger partial charge is 0.399 e. The van der Waals surface area contributed by atoms with Crippen LogP contribution in [0.15, 0.2) is 18.2 Å². The summed E-state index contributed by atoms with van der Waals surface area (Å²) >= 11 is 0. The van der Waals surface area contributed by atoms with Gasteiger partial charge in [-0.3, -0.25) is 0 Å². The van der Waals surface area contributed by atoms with E-state index in [-0.39, 0.29) is 0 Å². The molecule has 0 unspecified atom stereocenters. The maximum atomic E-state index is 5.87. The summed E-state index contributed by atoms with van der Waals surface area (Å²) in [6.07, 6.45) is 2.59. The van der Waals surface area contributed by atoms with Crippen molar-refractivity contribution < 1.29 is 4.74 Å². The molecule has 4 nitrogen and oxygen atoms in total. The normalized spacial score (nSPS) is 22.4. The van der Waals surface area contributed by atoms with Crippen LogP contribution in [0.5, 0.6) is 0 Å². The number of nitrogens with zero attached hydrogens (tertiary/aromatic N) is 2. The Kier molecular flexibility index (Phi) is 3.42. The van der Waals surface area contributed by atoms with Gasteiger partial charge in [0.25, 0.3) is 0 Å². The van der Waals surface area contributed by atoms with Crippen molar-refractivity contribution in [2.75, 3.05) is 12.3 Å². The average Bonchev–Trinajstić information content (AvgIpc) is 2.71. The fourth-order valence-corrected chi connectivity index (χ4v) is 3.05. The molecule has 0 bridgehead atoms. The molecule has 108 valence electrons. The van der Waals surface area contributed by atoms with E-state index in [9.17, 15) is 0 Å². The number of nitrogen functional groups attached to an aromatic ring is 1. The Balaban J connectivity index is 1.98. The van der Waals surface area contributed by atoms with Crippen LogP contribution in [-0.4, -0.2) is 22.3 Å². The van der Waals surface area contributed by atoms with E-state index in [0.717, 1.165) is 36.5 Å². The molecule has 0 amide bonds. The minimum Gasteiger partial charge on any atom is -0.399 e. The number of nitrogens with two attached hydrogens (primary N) is 1. The van der Waals surface area contributed by atoms with Crippen LogP contribution in [0.2, 0.25) is 0 Å². The van der Waals surface area contributed by atoms with Gasteiger partial charge in [-0.05, 0) is 38.0 Å². The standard InChI is InChI=1S/C16H23N3O/c1-4-20-13-8-12(9-13)19-15-6-5-11(17)7-14(15)18-16(19)10(2)3/h5-7,10,12-13H,4,8-9,17H2,1-3H3. The first kappa shape index (κ1) is 13.4. The van der Waals surface area contributed by atoms with Crippen LogP contribution in [0.1, 0.15) is 51.4 Å². The first-order valence-electron chi connectivity index (χ1n) is 7.49. The number of hydrogen-bond acceptors (Lipinski definition) is 3. The molecule has 2 N–H and O–H groups in total. The Morgan fingerprint density at radius 3 is 2.80 bits per heavy atom. The molecule has 0 saturated heterocycles. The van der Waals surface area contributed by atoms with Crippen molar-refractivity contribution in [1.29, 1.82) is 0 Å². The van der Waals surface area contributed by atoms with Crippen LogP contribution in [-0.2, 0) is 4.74 Å². The van der Waals surface area contributed by atoms with Crippen molar-refractivity contribution in [3.63, 3.8) is 0 Å². The predicted octanol–water partition coefficient (Wildman–Crippen LogP) is 3.48. The molecule has 1 fully saturated rings. The minimum atomic E-state index is 0.412. The molecule has 1 heterocycles. The minimum absolute atomic E-state index is 0.412. The Labute approximate surface area is 119 Å². The van der Waals surface area contributed by atoms with Gasteiger partial charge >= 0.3 is 0 Å². The van der Waals surface area contributed by atoms with Crippen molar-refractivity contribution in [3.8, 4) is 0 Å². The number of benzene rings is 1. The van der Waals surface area contributed by atoms with Crippen LogP contribution in [0.25, 0.3) is 11.0 Å². The molecule has 1 aliphatic rings. The number of imidazole rings is 1. The van der Waals surface area contributed by atoms with E-state index in [4.69, 9.17) is 15.5 Å². The molecule has 1 saturated carbocycles. The molecule has 0 radical (unpaired) electrons. The number of ether oxygens (including phenoxy) is 1. The van der Waals surface area contributed by atoms with Gasteiger partial charge in [0.1, 0.15) is 5.82 Å². The van der Waals surface area contributed by atoms with Crippen molar-refractivity contribution >= 4 is 16.7 Å². The molecule has 2 aromatic rings. The van der Waals surface area contributed by atoms with Gasteiger partial charge in [-0.25, -0.2) is 4.98 Å². The van der Waals surface area contributed by atoms with E-state index in [1.165, 1.54) is 5.52 Å². The van der Waals surface area contributed by atoms with E-state index < -0.39 is 0 Å². The monoisotopic (exact) mass is 273 g/mol. The molecule has 4 heteroatoms. The van der Waals surface area contributed by atoms with E-state index in [2.05, 4.69) is 31.4 Å². The average molecular weight is 273 g/mol. The van der Waals surface area contributed by atoms with Gasteiger partial charge in [-0.1, -0.05) is 13.8 Å². The zero-order valence-corrected chi connectivity index (χ0v) is 12.5. The smallest absolute Gasteiger partial charge is 0.112 e. The first-order chi connectivity index (χ1) is 9.60. The van der Waals surface area contributed by atoms with Gasteiger partial charge < -0.3 is 15.0 Å². The lowest BCUT2D eigenvalue weighted by Crippen LogP contribution is -2.34. The molecule has 20 heavy (non-hydrogen) atoms. The summed E-state index contributed by atoms with van der Waals surface area (Å²) in [5, 5.41) is 0. The van der Waals surface area contributed by atoms with Gasteiger partial charge in [0.2, 0.25) is 0 Å². The lowest BCUT2D eigenvalue weighted by atomic mass is 9.88. The fraction of sp³-hybridized carbons (Fsp3) is 0.562. The summed E-state index contributed by atoms with van der Waals surface area (Å²) in [4.78, 5) is 4.79. The van der Waals surface area contributed by atoms with Crippen molar-refractivity contribution in [3.05, 3.63) is 24.0 Å². The third kappa shape index (κ3) is 2.18. The molecule has 1 aliphatic carbocycles. The van der Waals surface area contributed by atoms with Crippen LogP contribution in [0, 0.1) is 0 Å². The molecule has 0 atom stereocenters. The lowest BCUT2D eigenvalue weighted by molar-refractivity contribution is -0.0194.